The number of benzene rings is 1. The van der Waals surface area contributed by atoms with E-state index in [2.05, 4.69) is 0 Å². The van der Waals surface area contributed by atoms with E-state index in [0.29, 0.717) is 11.3 Å². The summed E-state index contributed by atoms with van der Waals surface area (Å²) in [6.07, 6.45) is 6.84. The third kappa shape index (κ3) is 3.30. The van der Waals surface area contributed by atoms with Crippen LogP contribution >= 0.6 is 0 Å². The molecule has 0 spiro atoms. The van der Waals surface area contributed by atoms with Gasteiger partial charge in [-0.2, -0.15) is 0 Å². The molecule has 1 saturated carbocycles. The zero-order valence-corrected chi connectivity index (χ0v) is 12.2. The zero-order chi connectivity index (χ0) is 14.5. The SMILES string of the molecule is COc1ccc(F)cc1C(=O)N(C)C1CCCCCC1. The number of hydrogen-bond acceptors (Lipinski definition) is 2. The van der Waals surface area contributed by atoms with Crippen LogP contribution in [0.5, 0.6) is 5.75 Å². The fourth-order valence-electron chi connectivity index (χ4n) is 2.85. The highest BCUT2D eigenvalue weighted by Crippen LogP contribution is 2.25. The van der Waals surface area contributed by atoms with Crippen molar-refractivity contribution < 1.29 is 13.9 Å². The van der Waals surface area contributed by atoms with Crippen LogP contribution in [-0.4, -0.2) is 31.0 Å². The number of rotatable bonds is 3. The number of halogens is 1. The van der Waals surface area contributed by atoms with E-state index < -0.39 is 5.82 Å². The summed E-state index contributed by atoms with van der Waals surface area (Å²) in [5.74, 6) is -0.145. The van der Waals surface area contributed by atoms with Crippen LogP contribution in [-0.2, 0) is 0 Å². The molecule has 0 aliphatic heterocycles. The quantitative estimate of drug-likeness (QED) is 0.791. The zero-order valence-electron chi connectivity index (χ0n) is 12.2. The monoisotopic (exact) mass is 279 g/mol. The van der Waals surface area contributed by atoms with Crippen LogP contribution in [0.2, 0.25) is 0 Å². The molecule has 0 radical (unpaired) electrons. The predicted molar refractivity (Wildman–Crippen MR) is 76.5 cm³/mol. The maximum absolute atomic E-state index is 13.4. The smallest absolute Gasteiger partial charge is 0.257 e. The molecule has 3 nitrogen and oxygen atoms in total. The van der Waals surface area contributed by atoms with Gasteiger partial charge in [0.2, 0.25) is 0 Å². The third-order valence-electron chi connectivity index (χ3n) is 4.08. The van der Waals surface area contributed by atoms with Gasteiger partial charge in [0, 0.05) is 13.1 Å². The van der Waals surface area contributed by atoms with Gasteiger partial charge in [0.05, 0.1) is 12.7 Å². The molecule has 1 amide bonds. The molecular formula is C16H22FNO2. The summed E-state index contributed by atoms with van der Waals surface area (Å²) < 4.78 is 18.6. The van der Waals surface area contributed by atoms with Gasteiger partial charge >= 0.3 is 0 Å². The Hall–Kier alpha value is -1.58. The van der Waals surface area contributed by atoms with Gasteiger partial charge in [-0.15, -0.1) is 0 Å². The van der Waals surface area contributed by atoms with Gasteiger partial charge in [-0.25, -0.2) is 4.39 Å². The minimum Gasteiger partial charge on any atom is -0.496 e. The summed E-state index contributed by atoms with van der Waals surface area (Å²) in [5.41, 5.74) is 0.305. The van der Waals surface area contributed by atoms with Gasteiger partial charge in [0.25, 0.3) is 5.91 Å². The lowest BCUT2D eigenvalue weighted by atomic mass is 10.1. The highest BCUT2D eigenvalue weighted by atomic mass is 19.1. The lowest BCUT2D eigenvalue weighted by Crippen LogP contribution is -2.37. The third-order valence-corrected chi connectivity index (χ3v) is 4.08. The van der Waals surface area contributed by atoms with Crippen molar-refractivity contribution in [2.45, 2.75) is 44.6 Å². The molecule has 110 valence electrons. The molecule has 0 atom stereocenters. The van der Waals surface area contributed by atoms with Crippen molar-refractivity contribution in [1.82, 2.24) is 4.90 Å². The summed E-state index contributed by atoms with van der Waals surface area (Å²) in [6, 6.07) is 4.32. The van der Waals surface area contributed by atoms with Crippen LogP contribution in [0.4, 0.5) is 4.39 Å². The number of methoxy groups -OCH3 is 1. The molecular weight excluding hydrogens is 257 g/mol. The van der Waals surface area contributed by atoms with Crippen LogP contribution in [0.15, 0.2) is 18.2 Å². The average molecular weight is 279 g/mol. The first-order valence-corrected chi connectivity index (χ1v) is 7.24. The maximum Gasteiger partial charge on any atom is 0.257 e. The van der Waals surface area contributed by atoms with E-state index in [1.165, 1.54) is 38.2 Å². The second kappa shape index (κ2) is 6.73. The number of amides is 1. The van der Waals surface area contributed by atoms with Crippen molar-refractivity contribution >= 4 is 5.91 Å². The molecule has 0 aromatic heterocycles. The minimum atomic E-state index is -0.414. The van der Waals surface area contributed by atoms with E-state index in [-0.39, 0.29) is 11.9 Å². The number of nitrogens with zero attached hydrogens (tertiary/aromatic N) is 1. The van der Waals surface area contributed by atoms with E-state index >= 15 is 0 Å². The van der Waals surface area contributed by atoms with Gasteiger partial charge in [0.1, 0.15) is 11.6 Å². The number of carbonyl (C=O) groups is 1. The second-order valence-electron chi connectivity index (χ2n) is 5.41. The Labute approximate surface area is 119 Å². The Morgan fingerprint density at radius 1 is 1.25 bits per heavy atom. The van der Waals surface area contributed by atoms with Crippen LogP contribution < -0.4 is 4.74 Å². The van der Waals surface area contributed by atoms with E-state index in [1.54, 1.807) is 4.90 Å². The average Bonchev–Trinajstić information content (AvgIpc) is 2.74. The number of carbonyl (C=O) groups excluding carboxylic acids is 1. The van der Waals surface area contributed by atoms with Gasteiger partial charge < -0.3 is 9.64 Å². The Bertz CT molecular complexity index is 468. The van der Waals surface area contributed by atoms with Crippen LogP contribution in [0.25, 0.3) is 0 Å². The molecule has 1 aliphatic carbocycles. The largest absolute Gasteiger partial charge is 0.496 e. The normalized spacial score (nSPS) is 16.6. The van der Waals surface area contributed by atoms with Crippen LogP contribution in [0.3, 0.4) is 0 Å². The Kier molecular flexibility index (Phi) is 4.99. The van der Waals surface area contributed by atoms with E-state index in [1.807, 2.05) is 7.05 Å². The summed E-state index contributed by atoms with van der Waals surface area (Å²) in [7, 11) is 3.30. The molecule has 1 aliphatic rings. The van der Waals surface area contributed by atoms with Crippen molar-refractivity contribution in [3.8, 4) is 5.75 Å². The lowest BCUT2D eigenvalue weighted by molar-refractivity contribution is 0.0714. The van der Waals surface area contributed by atoms with Crippen molar-refractivity contribution in [3.05, 3.63) is 29.6 Å². The number of ether oxygens (including phenoxy) is 1. The molecule has 0 heterocycles. The first-order valence-electron chi connectivity index (χ1n) is 7.24. The molecule has 2 rings (SSSR count). The Morgan fingerprint density at radius 3 is 2.50 bits per heavy atom. The van der Waals surface area contributed by atoms with Crippen molar-refractivity contribution in [2.24, 2.45) is 0 Å². The number of hydrogen-bond donors (Lipinski definition) is 0. The molecule has 0 saturated heterocycles. The lowest BCUT2D eigenvalue weighted by Gasteiger charge is -2.27. The summed E-state index contributed by atoms with van der Waals surface area (Å²) >= 11 is 0. The van der Waals surface area contributed by atoms with Gasteiger partial charge in [-0.05, 0) is 31.0 Å². The van der Waals surface area contributed by atoms with Gasteiger partial charge in [-0.1, -0.05) is 25.7 Å². The maximum atomic E-state index is 13.4. The van der Waals surface area contributed by atoms with Crippen molar-refractivity contribution in [3.63, 3.8) is 0 Å². The van der Waals surface area contributed by atoms with E-state index in [0.717, 1.165) is 25.7 Å². The molecule has 20 heavy (non-hydrogen) atoms. The van der Waals surface area contributed by atoms with Crippen molar-refractivity contribution in [1.29, 1.82) is 0 Å². The molecule has 0 bridgehead atoms. The molecule has 1 aromatic carbocycles. The van der Waals surface area contributed by atoms with Crippen LogP contribution in [0.1, 0.15) is 48.9 Å². The predicted octanol–water partition coefficient (Wildman–Crippen LogP) is 3.63. The molecule has 4 heteroatoms. The van der Waals surface area contributed by atoms with E-state index in [9.17, 15) is 9.18 Å². The molecule has 0 unspecified atom stereocenters. The topological polar surface area (TPSA) is 29.5 Å². The van der Waals surface area contributed by atoms with E-state index in [4.69, 9.17) is 4.74 Å². The highest BCUT2D eigenvalue weighted by molar-refractivity contribution is 5.97. The fourth-order valence-corrected chi connectivity index (χ4v) is 2.85. The second-order valence-corrected chi connectivity index (χ2v) is 5.41. The first kappa shape index (κ1) is 14.8. The Morgan fingerprint density at radius 2 is 1.90 bits per heavy atom. The Balaban J connectivity index is 2.19. The minimum absolute atomic E-state index is 0.159. The van der Waals surface area contributed by atoms with Crippen molar-refractivity contribution in [2.75, 3.05) is 14.2 Å². The van der Waals surface area contributed by atoms with Crippen LogP contribution in [0, 0.1) is 5.82 Å². The molecule has 1 fully saturated rings. The highest BCUT2D eigenvalue weighted by Gasteiger charge is 2.24. The summed E-state index contributed by atoms with van der Waals surface area (Å²) in [4.78, 5) is 14.3. The van der Waals surface area contributed by atoms with Gasteiger partial charge in [-0.3, -0.25) is 4.79 Å². The first-order chi connectivity index (χ1) is 9.63. The fraction of sp³-hybridized carbons (Fsp3) is 0.562. The summed E-state index contributed by atoms with van der Waals surface area (Å²) in [5, 5.41) is 0. The molecule has 0 N–H and O–H groups in total. The molecule has 1 aromatic rings. The standard InChI is InChI=1S/C16H22FNO2/c1-18(13-7-5-3-4-6-8-13)16(19)14-11-12(17)9-10-15(14)20-2/h9-11,13H,3-8H2,1-2H3. The van der Waals surface area contributed by atoms with Gasteiger partial charge in [0.15, 0.2) is 0 Å². The summed E-state index contributed by atoms with van der Waals surface area (Å²) in [6.45, 7) is 0.